The first-order chi connectivity index (χ1) is 11.0. The predicted octanol–water partition coefficient (Wildman–Crippen LogP) is 2.08. The van der Waals surface area contributed by atoms with Crippen molar-refractivity contribution in [3.8, 4) is 0 Å². The molecule has 3 rings (SSSR count). The number of thiophene rings is 1. The van der Waals surface area contributed by atoms with Crippen LogP contribution in [0.4, 0.5) is 0 Å². The van der Waals surface area contributed by atoms with E-state index in [2.05, 4.69) is 11.4 Å². The van der Waals surface area contributed by atoms with E-state index < -0.39 is 5.97 Å². The average molecular weight is 336 g/mol. The third-order valence-electron chi connectivity index (χ3n) is 5.41. The molecule has 1 aromatic rings. The Morgan fingerprint density at radius 1 is 1.39 bits per heavy atom. The van der Waals surface area contributed by atoms with Crippen LogP contribution in [0.5, 0.6) is 0 Å². The lowest BCUT2D eigenvalue weighted by molar-refractivity contribution is -0.142. The van der Waals surface area contributed by atoms with Crippen molar-refractivity contribution in [2.75, 3.05) is 26.7 Å². The molecule has 0 bridgehead atoms. The number of carboxylic acids is 1. The molecule has 1 atom stereocenters. The van der Waals surface area contributed by atoms with Gasteiger partial charge in [0.1, 0.15) is 6.04 Å². The monoisotopic (exact) mass is 336 g/mol. The number of nitrogens with zero attached hydrogens (tertiary/aromatic N) is 2. The van der Waals surface area contributed by atoms with Crippen molar-refractivity contribution < 1.29 is 14.7 Å². The Kier molecular flexibility index (Phi) is 4.73. The highest BCUT2D eigenvalue weighted by Gasteiger charge is 2.47. The smallest absolute Gasteiger partial charge is 0.320 e. The summed E-state index contributed by atoms with van der Waals surface area (Å²) in [6.45, 7) is 2.37. The third kappa shape index (κ3) is 3.58. The first kappa shape index (κ1) is 16.5. The van der Waals surface area contributed by atoms with E-state index in [4.69, 9.17) is 0 Å². The Labute approximate surface area is 140 Å². The molecule has 0 saturated carbocycles. The van der Waals surface area contributed by atoms with E-state index in [0.717, 1.165) is 45.3 Å². The van der Waals surface area contributed by atoms with Crippen molar-refractivity contribution in [1.82, 2.24) is 9.80 Å². The maximum absolute atomic E-state index is 12.4. The summed E-state index contributed by atoms with van der Waals surface area (Å²) >= 11 is 1.66. The van der Waals surface area contributed by atoms with Crippen LogP contribution in [0.3, 0.4) is 0 Å². The van der Waals surface area contributed by atoms with Crippen molar-refractivity contribution in [2.45, 2.75) is 38.1 Å². The van der Waals surface area contributed by atoms with Gasteiger partial charge in [-0.3, -0.25) is 14.5 Å². The maximum Gasteiger partial charge on any atom is 0.320 e. The Hall–Kier alpha value is -1.40. The molecule has 1 spiro atoms. The Morgan fingerprint density at radius 3 is 2.70 bits per heavy atom. The number of hydrogen-bond acceptors (Lipinski definition) is 4. The molecule has 3 heterocycles. The van der Waals surface area contributed by atoms with E-state index in [1.165, 1.54) is 5.56 Å². The molecule has 2 aliphatic rings. The number of piperidine rings is 1. The normalized spacial score (nSPS) is 24.2. The number of aliphatic carboxylic acids is 1. The molecule has 126 valence electrons. The van der Waals surface area contributed by atoms with Gasteiger partial charge in [0.25, 0.3) is 0 Å². The van der Waals surface area contributed by atoms with Crippen molar-refractivity contribution in [2.24, 2.45) is 5.41 Å². The molecule has 0 unspecified atom stereocenters. The van der Waals surface area contributed by atoms with Crippen LogP contribution in [-0.4, -0.2) is 59.5 Å². The second-order valence-electron chi connectivity index (χ2n) is 6.99. The summed E-state index contributed by atoms with van der Waals surface area (Å²) in [4.78, 5) is 27.6. The number of likely N-dealkylation sites (tertiary alicyclic amines) is 2. The molecule has 1 amide bonds. The Morgan fingerprint density at radius 2 is 2.13 bits per heavy atom. The number of hydrogen-bond donors (Lipinski definition) is 1. The molecule has 2 aliphatic heterocycles. The number of amides is 1. The molecule has 6 heteroatoms. The van der Waals surface area contributed by atoms with E-state index in [1.54, 1.807) is 11.3 Å². The van der Waals surface area contributed by atoms with Gasteiger partial charge in [0.2, 0.25) is 5.91 Å². The largest absolute Gasteiger partial charge is 0.480 e. The van der Waals surface area contributed by atoms with Crippen molar-refractivity contribution >= 4 is 23.2 Å². The van der Waals surface area contributed by atoms with Gasteiger partial charge in [0.15, 0.2) is 0 Å². The lowest BCUT2D eigenvalue weighted by atomic mass is 9.76. The van der Waals surface area contributed by atoms with E-state index in [-0.39, 0.29) is 17.4 Å². The highest BCUT2D eigenvalue weighted by atomic mass is 32.1. The van der Waals surface area contributed by atoms with Crippen molar-refractivity contribution in [3.63, 3.8) is 0 Å². The number of rotatable bonds is 4. The number of likely N-dealkylation sites (N-methyl/N-ethyl adjacent to an activating group) is 1. The quantitative estimate of drug-likeness (QED) is 0.914. The van der Waals surface area contributed by atoms with Crippen LogP contribution in [0.2, 0.25) is 0 Å². The zero-order chi connectivity index (χ0) is 16.4. The van der Waals surface area contributed by atoms with Gasteiger partial charge in [-0.25, -0.2) is 0 Å². The molecule has 2 fully saturated rings. The summed E-state index contributed by atoms with van der Waals surface area (Å²) in [6.07, 6.45) is 3.95. The second kappa shape index (κ2) is 6.61. The first-order valence-electron chi connectivity index (χ1n) is 8.21. The zero-order valence-electron chi connectivity index (χ0n) is 13.5. The van der Waals surface area contributed by atoms with E-state index >= 15 is 0 Å². The van der Waals surface area contributed by atoms with Crippen LogP contribution in [0.25, 0.3) is 0 Å². The van der Waals surface area contributed by atoms with Crippen LogP contribution in [0.1, 0.15) is 31.2 Å². The van der Waals surface area contributed by atoms with Crippen LogP contribution in [0.15, 0.2) is 16.8 Å². The minimum absolute atomic E-state index is 0.0853. The summed E-state index contributed by atoms with van der Waals surface area (Å²) in [5, 5.41) is 13.4. The molecular weight excluding hydrogens is 312 g/mol. The number of aryl methyl sites for hydroxylation is 1. The van der Waals surface area contributed by atoms with Crippen LogP contribution >= 0.6 is 11.3 Å². The van der Waals surface area contributed by atoms with E-state index in [9.17, 15) is 14.7 Å². The van der Waals surface area contributed by atoms with Gasteiger partial charge in [-0.1, -0.05) is 0 Å². The molecule has 1 aromatic heterocycles. The lowest BCUT2D eigenvalue weighted by Gasteiger charge is -2.39. The van der Waals surface area contributed by atoms with Gasteiger partial charge >= 0.3 is 5.97 Å². The third-order valence-corrected chi connectivity index (χ3v) is 6.14. The molecule has 0 radical (unpaired) electrons. The van der Waals surface area contributed by atoms with Crippen LogP contribution in [0, 0.1) is 5.41 Å². The fourth-order valence-corrected chi connectivity index (χ4v) is 4.69. The van der Waals surface area contributed by atoms with E-state index in [0.29, 0.717) is 6.42 Å². The molecule has 5 nitrogen and oxygen atoms in total. The zero-order valence-corrected chi connectivity index (χ0v) is 14.3. The summed E-state index contributed by atoms with van der Waals surface area (Å²) in [6, 6.07) is 1.71. The lowest BCUT2D eigenvalue weighted by Crippen LogP contribution is -2.44. The van der Waals surface area contributed by atoms with Gasteiger partial charge in [0.05, 0.1) is 0 Å². The Bertz CT molecular complexity index is 564. The van der Waals surface area contributed by atoms with E-state index in [1.807, 2.05) is 22.2 Å². The molecule has 1 N–H and O–H groups in total. The highest BCUT2D eigenvalue weighted by Crippen LogP contribution is 2.42. The van der Waals surface area contributed by atoms with Gasteiger partial charge < -0.3 is 10.0 Å². The molecule has 0 aliphatic carbocycles. The van der Waals surface area contributed by atoms with Gasteiger partial charge in [-0.2, -0.15) is 11.3 Å². The molecular formula is C17H24N2O3S. The fraction of sp³-hybridized carbons (Fsp3) is 0.647. The highest BCUT2D eigenvalue weighted by molar-refractivity contribution is 7.07. The summed E-state index contributed by atoms with van der Waals surface area (Å²) in [7, 11) is 1.89. The Balaban J connectivity index is 1.50. The number of carbonyl (C=O) groups is 2. The SMILES string of the molecule is CN1CC2(CCN(C(=O)CCc3ccsc3)CC2)C[C@H]1C(=O)O. The van der Waals surface area contributed by atoms with Crippen LogP contribution < -0.4 is 0 Å². The topological polar surface area (TPSA) is 60.9 Å². The predicted molar refractivity (Wildman–Crippen MR) is 89.6 cm³/mol. The van der Waals surface area contributed by atoms with Crippen molar-refractivity contribution in [1.29, 1.82) is 0 Å². The average Bonchev–Trinajstić information content (AvgIpc) is 3.14. The summed E-state index contributed by atoms with van der Waals surface area (Å²) < 4.78 is 0. The minimum Gasteiger partial charge on any atom is -0.480 e. The van der Waals surface area contributed by atoms with Gasteiger partial charge in [0, 0.05) is 26.1 Å². The fourth-order valence-electron chi connectivity index (χ4n) is 3.98. The molecule has 0 aromatic carbocycles. The number of carboxylic acid groups (broad SMARTS) is 1. The second-order valence-corrected chi connectivity index (χ2v) is 7.77. The van der Waals surface area contributed by atoms with Crippen molar-refractivity contribution in [3.05, 3.63) is 22.4 Å². The van der Waals surface area contributed by atoms with Crippen LogP contribution in [-0.2, 0) is 16.0 Å². The summed E-state index contributed by atoms with van der Waals surface area (Å²) in [5.41, 5.74) is 1.32. The maximum atomic E-state index is 12.4. The minimum atomic E-state index is -0.723. The molecule has 2 saturated heterocycles. The van der Waals surface area contributed by atoms with Gasteiger partial charge in [-0.05, 0) is 60.5 Å². The standard InChI is InChI=1S/C17H24N2O3S/c1-18-12-17(10-14(18)16(21)22)5-7-19(8-6-17)15(20)3-2-13-4-9-23-11-13/h4,9,11,14H,2-3,5-8,10,12H2,1H3,(H,21,22)/t14-/m0/s1. The number of carbonyl (C=O) groups excluding carboxylic acids is 1. The van der Waals surface area contributed by atoms with Gasteiger partial charge in [-0.15, -0.1) is 0 Å². The molecule has 23 heavy (non-hydrogen) atoms. The first-order valence-corrected chi connectivity index (χ1v) is 9.15. The summed E-state index contributed by atoms with van der Waals surface area (Å²) in [5.74, 6) is -0.495.